The van der Waals surface area contributed by atoms with Gasteiger partial charge in [0.15, 0.2) is 0 Å². The molecule has 7 nitrogen and oxygen atoms in total. The van der Waals surface area contributed by atoms with Gasteiger partial charge in [0.05, 0.1) is 18.2 Å². The molecule has 2 aliphatic rings. The first-order valence-electron chi connectivity index (χ1n) is 11.7. The third-order valence-electron chi connectivity index (χ3n) is 6.86. The van der Waals surface area contributed by atoms with Crippen molar-refractivity contribution in [3.05, 3.63) is 54.1 Å². The van der Waals surface area contributed by atoms with Crippen LogP contribution in [0.5, 0.6) is 5.75 Å². The predicted octanol–water partition coefficient (Wildman–Crippen LogP) is 3.35. The van der Waals surface area contributed by atoms with E-state index in [2.05, 4.69) is 22.1 Å². The summed E-state index contributed by atoms with van der Waals surface area (Å²) in [5.41, 5.74) is 1.19. The van der Waals surface area contributed by atoms with Gasteiger partial charge in [0.1, 0.15) is 18.1 Å². The first kappa shape index (κ1) is 22.2. The van der Waals surface area contributed by atoms with Crippen molar-refractivity contribution in [1.82, 2.24) is 19.8 Å². The molecule has 0 aliphatic carbocycles. The lowest BCUT2D eigenvalue weighted by Gasteiger charge is -2.43. The molecule has 0 bridgehead atoms. The van der Waals surface area contributed by atoms with Crippen molar-refractivity contribution in [2.45, 2.75) is 45.4 Å². The van der Waals surface area contributed by atoms with Crippen LogP contribution in [-0.4, -0.2) is 64.4 Å². The molecule has 0 radical (unpaired) electrons. The maximum Gasteiger partial charge on any atom is 0.274 e. The summed E-state index contributed by atoms with van der Waals surface area (Å²) < 4.78 is 6.05. The average Bonchev–Trinajstić information content (AvgIpc) is 2.85. The number of para-hydroxylation sites is 1. The molecule has 2 aliphatic heterocycles. The number of aromatic nitrogens is 2. The van der Waals surface area contributed by atoms with E-state index >= 15 is 0 Å². The zero-order chi connectivity index (χ0) is 22.4. The van der Waals surface area contributed by atoms with Crippen LogP contribution in [0.25, 0.3) is 0 Å². The van der Waals surface area contributed by atoms with Crippen LogP contribution in [0.15, 0.2) is 42.9 Å². The zero-order valence-electron chi connectivity index (χ0n) is 18.8. The fourth-order valence-electron chi connectivity index (χ4n) is 4.91. The van der Waals surface area contributed by atoms with Gasteiger partial charge in [-0.2, -0.15) is 0 Å². The first-order chi connectivity index (χ1) is 15.6. The van der Waals surface area contributed by atoms with Crippen LogP contribution >= 0.6 is 0 Å². The summed E-state index contributed by atoms with van der Waals surface area (Å²) in [6.07, 6.45) is 9.79. The Morgan fingerprint density at radius 1 is 1.09 bits per heavy atom. The number of benzene rings is 1. The standard InChI is InChI=1S/C25H32N4O3/c1-2-28-17-18-32-22-9-4-3-7-20(22)8-5-6-10-25(24(28)31)11-15-29(16-12-25)23(30)21-19-26-13-14-27-21/h3-4,7,9,13-14,19H,2,5-6,8,10-12,15-18H2,1H3. The molecule has 0 atom stereocenters. The van der Waals surface area contributed by atoms with E-state index in [1.165, 1.54) is 18.0 Å². The minimum absolute atomic E-state index is 0.106. The largest absolute Gasteiger partial charge is 0.491 e. The molecule has 1 spiro atoms. The molecule has 0 saturated carbocycles. The molecule has 0 N–H and O–H groups in total. The van der Waals surface area contributed by atoms with Crippen LogP contribution < -0.4 is 4.74 Å². The molecule has 0 unspecified atom stereocenters. The van der Waals surface area contributed by atoms with Gasteiger partial charge in [-0.25, -0.2) is 4.98 Å². The molecular weight excluding hydrogens is 404 g/mol. The molecule has 170 valence electrons. The van der Waals surface area contributed by atoms with E-state index in [9.17, 15) is 9.59 Å². The number of rotatable bonds is 2. The van der Waals surface area contributed by atoms with Crippen molar-refractivity contribution in [2.75, 3.05) is 32.8 Å². The van der Waals surface area contributed by atoms with Crippen molar-refractivity contribution in [3.8, 4) is 5.75 Å². The summed E-state index contributed by atoms with van der Waals surface area (Å²) in [7, 11) is 0. The number of nitrogens with zero attached hydrogens (tertiary/aromatic N) is 4. The average molecular weight is 437 g/mol. The van der Waals surface area contributed by atoms with Gasteiger partial charge >= 0.3 is 0 Å². The van der Waals surface area contributed by atoms with Crippen molar-refractivity contribution in [3.63, 3.8) is 0 Å². The van der Waals surface area contributed by atoms with Crippen molar-refractivity contribution < 1.29 is 14.3 Å². The van der Waals surface area contributed by atoms with E-state index in [1.807, 2.05) is 28.9 Å². The SMILES string of the molecule is CCN1CCOc2ccccc2CCCCC2(CCN(C(=O)c3cnccn3)CC2)C1=O. The molecule has 1 saturated heterocycles. The Labute approximate surface area is 189 Å². The van der Waals surface area contributed by atoms with Crippen LogP contribution in [-0.2, 0) is 11.2 Å². The smallest absolute Gasteiger partial charge is 0.274 e. The lowest BCUT2D eigenvalue weighted by Crippen LogP contribution is -2.52. The number of fused-ring (bicyclic) bond motifs is 1. The second-order valence-electron chi connectivity index (χ2n) is 8.71. The number of ether oxygens (including phenoxy) is 1. The number of likely N-dealkylation sites (tertiary alicyclic amines) is 1. The second-order valence-corrected chi connectivity index (χ2v) is 8.71. The van der Waals surface area contributed by atoms with Gasteiger partial charge in [0.2, 0.25) is 5.91 Å². The van der Waals surface area contributed by atoms with Gasteiger partial charge in [-0.1, -0.05) is 24.6 Å². The minimum atomic E-state index is -0.409. The van der Waals surface area contributed by atoms with Gasteiger partial charge in [0, 0.05) is 32.0 Å². The fourth-order valence-corrected chi connectivity index (χ4v) is 4.91. The molecule has 1 aromatic carbocycles. The molecule has 1 aromatic heterocycles. The first-order valence-corrected chi connectivity index (χ1v) is 11.7. The summed E-state index contributed by atoms with van der Waals surface area (Å²) >= 11 is 0. The van der Waals surface area contributed by atoms with Gasteiger partial charge < -0.3 is 14.5 Å². The Balaban J connectivity index is 1.48. The Morgan fingerprint density at radius 2 is 1.91 bits per heavy atom. The van der Waals surface area contributed by atoms with E-state index in [0.29, 0.717) is 51.3 Å². The quantitative estimate of drug-likeness (QED) is 0.722. The topological polar surface area (TPSA) is 75.6 Å². The highest BCUT2D eigenvalue weighted by Crippen LogP contribution is 2.39. The van der Waals surface area contributed by atoms with E-state index in [0.717, 1.165) is 31.4 Å². The molecule has 7 heteroatoms. The summed E-state index contributed by atoms with van der Waals surface area (Å²) in [5, 5.41) is 0. The molecule has 1 fully saturated rings. The van der Waals surface area contributed by atoms with Crippen molar-refractivity contribution in [2.24, 2.45) is 5.41 Å². The van der Waals surface area contributed by atoms with Gasteiger partial charge in [-0.15, -0.1) is 0 Å². The number of carbonyl (C=O) groups is 2. The van der Waals surface area contributed by atoms with Crippen molar-refractivity contribution in [1.29, 1.82) is 0 Å². The number of piperidine rings is 1. The minimum Gasteiger partial charge on any atom is -0.491 e. The van der Waals surface area contributed by atoms with E-state index in [1.54, 1.807) is 6.20 Å². The Morgan fingerprint density at radius 3 is 2.66 bits per heavy atom. The molecule has 3 heterocycles. The number of hydrogen-bond acceptors (Lipinski definition) is 5. The number of likely N-dealkylation sites (N-methyl/N-ethyl adjacent to an activating group) is 1. The van der Waals surface area contributed by atoms with Crippen LogP contribution in [0.2, 0.25) is 0 Å². The lowest BCUT2D eigenvalue weighted by atomic mass is 9.73. The monoisotopic (exact) mass is 436 g/mol. The van der Waals surface area contributed by atoms with Crippen LogP contribution in [0.1, 0.15) is 55.1 Å². The second kappa shape index (κ2) is 10.1. The van der Waals surface area contributed by atoms with Gasteiger partial charge in [-0.3, -0.25) is 14.6 Å². The number of carbonyl (C=O) groups excluding carboxylic acids is 2. The van der Waals surface area contributed by atoms with Crippen LogP contribution in [0.3, 0.4) is 0 Å². The molecule has 2 amide bonds. The van der Waals surface area contributed by atoms with Gasteiger partial charge in [-0.05, 0) is 50.7 Å². The highest BCUT2D eigenvalue weighted by atomic mass is 16.5. The highest BCUT2D eigenvalue weighted by molar-refractivity contribution is 5.92. The number of amides is 2. The van der Waals surface area contributed by atoms with Crippen LogP contribution in [0.4, 0.5) is 0 Å². The third kappa shape index (κ3) is 4.76. The number of hydrogen-bond donors (Lipinski definition) is 0. The van der Waals surface area contributed by atoms with Crippen molar-refractivity contribution >= 4 is 11.8 Å². The zero-order valence-corrected chi connectivity index (χ0v) is 18.8. The number of aryl methyl sites for hydroxylation is 1. The molecule has 2 aromatic rings. The van der Waals surface area contributed by atoms with Gasteiger partial charge in [0.25, 0.3) is 5.91 Å². The fraction of sp³-hybridized carbons (Fsp3) is 0.520. The summed E-state index contributed by atoms with van der Waals surface area (Å²) in [4.78, 5) is 38.4. The third-order valence-corrected chi connectivity index (χ3v) is 6.86. The summed E-state index contributed by atoms with van der Waals surface area (Å²) in [6.45, 7) is 4.89. The maximum absolute atomic E-state index is 13.7. The summed E-state index contributed by atoms with van der Waals surface area (Å²) in [6, 6.07) is 8.21. The Bertz CT molecular complexity index is 926. The van der Waals surface area contributed by atoms with Crippen LogP contribution in [0, 0.1) is 5.41 Å². The van der Waals surface area contributed by atoms with E-state index in [-0.39, 0.29) is 11.8 Å². The normalized spacial score (nSPS) is 19.5. The van der Waals surface area contributed by atoms with E-state index < -0.39 is 5.41 Å². The Kier molecular flexibility index (Phi) is 7.02. The molecular formula is C25H32N4O3. The highest BCUT2D eigenvalue weighted by Gasteiger charge is 2.43. The molecule has 32 heavy (non-hydrogen) atoms. The summed E-state index contributed by atoms with van der Waals surface area (Å²) in [5.74, 6) is 1.04. The molecule has 4 rings (SSSR count). The lowest BCUT2D eigenvalue weighted by molar-refractivity contribution is -0.145. The Hall–Kier alpha value is -2.96. The predicted molar refractivity (Wildman–Crippen MR) is 121 cm³/mol. The maximum atomic E-state index is 13.7. The van der Waals surface area contributed by atoms with E-state index in [4.69, 9.17) is 4.74 Å².